The van der Waals surface area contributed by atoms with Crippen LogP contribution in [-0.2, 0) is 10.0 Å². The molecular formula is C25H26FN5O4S. The minimum absolute atomic E-state index is 0.0872. The Bertz CT molecular complexity index is 1590. The Morgan fingerprint density at radius 1 is 1.11 bits per heavy atom. The zero-order valence-electron chi connectivity index (χ0n) is 19.9. The molecule has 0 spiro atoms. The normalized spacial score (nSPS) is 15.2. The van der Waals surface area contributed by atoms with Crippen LogP contribution in [0.1, 0.15) is 24.1 Å². The van der Waals surface area contributed by atoms with E-state index in [-0.39, 0.29) is 22.3 Å². The molecule has 4 aromatic rings. The highest BCUT2D eigenvalue weighted by molar-refractivity contribution is 7.92. The van der Waals surface area contributed by atoms with Gasteiger partial charge in [-0.2, -0.15) is 4.39 Å². The number of pyridine rings is 1. The highest BCUT2D eigenvalue weighted by Crippen LogP contribution is 2.32. The standard InChI is InChI=1S/C25H26FN5O4S/c1-16-14-20-21(15-22(16)36(33,34)29-24-9-5-8-23(26)28-24)35-25(32)31(20)17(2)18-6-3-4-7-19(18)30-12-10-27-11-13-30/h3-9,14-15,17,27H,10-13H2,1-2H3,(H,28,29)/t17-/m1/s1. The van der Waals surface area contributed by atoms with Crippen molar-refractivity contribution in [1.82, 2.24) is 14.9 Å². The van der Waals surface area contributed by atoms with E-state index < -0.39 is 21.7 Å². The molecule has 2 aromatic carbocycles. The lowest BCUT2D eigenvalue weighted by Gasteiger charge is -2.32. The molecule has 1 atom stereocenters. The number of hydrogen-bond donors (Lipinski definition) is 2. The number of piperazine rings is 1. The van der Waals surface area contributed by atoms with Gasteiger partial charge >= 0.3 is 5.76 Å². The Morgan fingerprint density at radius 2 is 1.86 bits per heavy atom. The van der Waals surface area contributed by atoms with Gasteiger partial charge in [-0.15, -0.1) is 0 Å². The van der Waals surface area contributed by atoms with Crippen LogP contribution in [0.5, 0.6) is 0 Å². The van der Waals surface area contributed by atoms with Gasteiger partial charge in [0.15, 0.2) is 5.58 Å². The highest BCUT2D eigenvalue weighted by atomic mass is 32.2. The van der Waals surface area contributed by atoms with Gasteiger partial charge in [0.05, 0.1) is 16.5 Å². The van der Waals surface area contributed by atoms with Crippen molar-refractivity contribution in [3.8, 4) is 0 Å². The molecule has 0 bridgehead atoms. The molecule has 1 fully saturated rings. The molecule has 0 aliphatic carbocycles. The van der Waals surface area contributed by atoms with E-state index in [1.54, 1.807) is 17.6 Å². The summed E-state index contributed by atoms with van der Waals surface area (Å²) in [6.07, 6.45) is 0. The van der Waals surface area contributed by atoms with Crippen molar-refractivity contribution in [2.75, 3.05) is 35.8 Å². The van der Waals surface area contributed by atoms with E-state index in [0.717, 1.165) is 43.5 Å². The molecule has 1 saturated heterocycles. The third-order valence-corrected chi connectivity index (χ3v) is 7.88. The largest absolute Gasteiger partial charge is 0.420 e. The molecule has 2 aromatic heterocycles. The summed E-state index contributed by atoms with van der Waals surface area (Å²) in [6, 6.07) is 14.4. The summed E-state index contributed by atoms with van der Waals surface area (Å²) in [6.45, 7) is 7.04. The van der Waals surface area contributed by atoms with Gasteiger partial charge in [-0.25, -0.2) is 18.2 Å². The first-order valence-electron chi connectivity index (χ1n) is 11.6. The Morgan fingerprint density at radius 3 is 2.61 bits per heavy atom. The van der Waals surface area contributed by atoms with Gasteiger partial charge in [-0.3, -0.25) is 9.29 Å². The van der Waals surface area contributed by atoms with E-state index in [4.69, 9.17) is 4.42 Å². The molecule has 0 radical (unpaired) electrons. The Kier molecular flexibility index (Phi) is 6.27. The van der Waals surface area contributed by atoms with Crippen LogP contribution in [0.2, 0.25) is 0 Å². The lowest BCUT2D eigenvalue weighted by Crippen LogP contribution is -2.44. The van der Waals surface area contributed by atoms with Gasteiger partial charge < -0.3 is 14.6 Å². The second-order valence-electron chi connectivity index (χ2n) is 8.75. The smallest absolute Gasteiger partial charge is 0.408 e. The van der Waals surface area contributed by atoms with Gasteiger partial charge in [0.2, 0.25) is 5.95 Å². The minimum Gasteiger partial charge on any atom is -0.408 e. The second-order valence-corrected chi connectivity index (χ2v) is 10.4. The highest BCUT2D eigenvalue weighted by Gasteiger charge is 2.25. The van der Waals surface area contributed by atoms with Crippen molar-refractivity contribution < 1.29 is 17.2 Å². The number of oxazole rings is 1. The van der Waals surface area contributed by atoms with Crippen LogP contribution < -0.4 is 20.7 Å². The number of para-hydroxylation sites is 1. The number of anilines is 2. The fraction of sp³-hybridized carbons (Fsp3) is 0.280. The van der Waals surface area contributed by atoms with Crippen molar-refractivity contribution in [2.24, 2.45) is 0 Å². The fourth-order valence-electron chi connectivity index (χ4n) is 4.65. The maximum atomic E-state index is 13.4. The van der Waals surface area contributed by atoms with E-state index in [9.17, 15) is 17.6 Å². The molecule has 0 amide bonds. The SMILES string of the molecule is Cc1cc2c(cc1S(=O)(=O)Nc1cccc(F)n1)oc(=O)n2[C@H](C)c1ccccc1N1CCNCC1. The lowest BCUT2D eigenvalue weighted by atomic mass is 10.0. The molecule has 9 nitrogen and oxygen atoms in total. The number of aromatic nitrogens is 2. The number of aryl methyl sites for hydroxylation is 1. The van der Waals surface area contributed by atoms with Gasteiger partial charge in [0.25, 0.3) is 10.0 Å². The molecule has 0 unspecified atom stereocenters. The van der Waals surface area contributed by atoms with E-state index in [2.05, 4.69) is 19.9 Å². The van der Waals surface area contributed by atoms with Crippen molar-refractivity contribution in [2.45, 2.75) is 24.8 Å². The fourth-order valence-corrected chi connectivity index (χ4v) is 5.90. The third kappa shape index (κ3) is 4.47. The van der Waals surface area contributed by atoms with E-state index in [0.29, 0.717) is 11.1 Å². The quantitative estimate of drug-likeness (QED) is 0.383. The average molecular weight is 512 g/mol. The molecule has 5 rings (SSSR count). The molecule has 36 heavy (non-hydrogen) atoms. The Balaban J connectivity index is 1.55. The van der Waals surface area contributed by atoms with Crippen LogP contribution in [0, 0.1) is 12.9 Å². The summed E-state index contributed by atoms with van der Waals surface area (Å²) in [5, 5.41) is 3.35. The molecular weight excluding hydrogens is 485 g/mol. The van der Waals surface area contributed by atoms with Crippen LogP contribution in [0.3, 0.4) is 0 Å². The minimum atomic E-state index is -4.11. The number of nitrogens with zero attached hydrogens (tertiary/aromatic N) is 3. The summed E-state index contributed by atoms with van der Waals surface area (Å²) in [4.78, 5) is 18.8. The molecule has 11 heteroatoms. The van der Waals surface area contributed by atoms with Crippen molar-refractivity contribution in [3.05, 3.63) is 82.2 Å². The Hall–Kier alpha value is -3.70. The van der Waals surface area contributed by atoms with E-state index in [1.165, 1.54) is 18.2 Å². The van der Waals surface area contributed by atoms with Crippen molar-refractivity contribution >= 4 is 32.6 Å². The topological polar surface area (TPSA) is 109 Å². The maximum Gasteiger partial charge on any atom is 0.420 e. The molecule has 1 aliphatic rings. The van der Waals surface area contributed by atoms with Crippen LogP contribution in [0.15, 0.2) is 68.7 Å². The Labute approximate surface area is 207 Å². The number of fused-ring (bicyclic) bond motifs is 1. The monoisotopic (exact) mass is 511 g/mol. The molecule has 0 saturated carbocycles. The molecule has 188 valence electrons. The molecule has 2 N–H and O–H groups in total. The number of benzene rings is 2. The first-order valence-corrected chi connectivity index (χ1v) is 13.1. The predicted octanol–water partition coefficient (Wildman–Crippen LogP) is 3.26. The maximum absolute atomic E-state index is 13.4. The summed E-state index contributed by atoms with van der Waals surface area (Å²) >= 11 is 0. The van der Waals surface area contributed by atoms with Gasteiger partial charge in [0.1, 0.15) is 5.82 Å². The van der Waals surface area contributed by atoms with E-state index >= 15 is 0 Å². The summed E-state index contributed by atoms with van der Waals surface area (Å²) in [5.41, 5.74) is 3.06. The predicted molar refractivity (Wildman–Crippen MR) is 136 cm³/mol. The number of hydrogen-bond acceptors (Lipinski definition) is 7. The first kappa shape index (κ1) is 24.0. The van der Waals surface area contributed by atoms with E-state index in [1.807, 2.05) is 31.2 Å². The van der Waals surface area contributed by atoms with Crippen molar-refractivity contribution in [3.63, 3.8) is 0 Å². The zero-order valence-corrected chi connectivity index (χ0v) is 20.7. The van der Waals surface area contributed by atoms with Crippen LogP contribution in [0.4, 0.5) is 15.9 Å². The van der Waals surface area contributed by atoms with Crippen LogP contribution in [-0.4, -0.2) is 44.1 Å². The van der Waals surface area contributed by atoms with Gasteiger partial charge in [-0.05, 0) is 49.2 Å². The lowest BCUT2D eigenvalue weighted by molar-refractivity contribution is 0.488. The average Bonchev–Trinajstić information content (AvgIpc) is 3.18. The summed E-state index contributed by atoms with van der Waals surface area (Å²) in [5.74, 6) is -1.53. The van der Waals surface area contributed by atoms with Crippen LogP contribution in [0.25, 0.3) is 11.1 Å². The van der Waals surface area contributed by atoms with Gasteiger partial charge in [-0.1, -0.05) is 24.3 Å². The first-order chi connectivity index (χ1) is 17.2. The third-order valence-electron chi connectivity index (χ3n) is 6.39. The number of rotatable bonds is 6. The summed E-state index contributed by atoms with van der Waals surface area (Å²) < 4.78 is 48.8. The number of halogens is 1. The van der Waals surface area contributed by atoms with Crippen molar-refractivity contribution in [1.29, 1.82) is 0 Å². The summed E-state index contributed by atoms with van der Waals surface area (Å²) in [7, 11) is -4.11. The van der Waals surface area contributed by atoms with Crippen LogP contribution >= 0.6 is 0 Å². The molecule has 1 aliphatic heterocycles. The number of sulfonamides is 1. The van der Waals surface area contributed by atoms with Gasteiger partial charge in [0, 0.05) is 37.9 Å². The second kappa shape index (κ2) is 9.40. The zero-order chi connectivity index (χ0) is 25.4. The molecule has 3 heterocycles. The number of nitrogens with one attached hydrogen (secondary N) is 2.